The van der Waals surface area contributed by atoms with Crippen molar-refractivity contribution in [1.82, 2.24) is 0 Å². The van der Waals surface area contributed by atoms with Crippen LogP contribution in [0.2, 0.25) is 0 Å². The summed E-state index contributed by atoms with van der Waals surface area (Å²) in [7, 11) is 1.52. The summed E-state index contributed by atoms with van der Waals surface area (Å²) in [6.07, 6.45) is 0. The summed E-state index contributed by atoms with van der Waals surface area (Å²) < 4.78 is 5.33. The summed E-state index contributed by atoms with van der Waals surface area (Å²) in [4.78, 5) is 26.1. The molecule has 0 spiro atoms. The average Bonchev–Trinajstić information content (AvgIpc) is 2.79. The molecule has 0 radical (unpaired) electrons. The van der Waals surface area contributed by atoms with Gasteiger partial charge in [-0.15, -0.1) is 0 Å². The lowest BCUT2D eigenvalue weighted by Crippen LogP contribution is -2.29. The van der Waals surface area contributed by atoms with E-state index in [4.69, 9.17) is 4.74 Å². The van der Waals surface area contributed by atoms with Crippen molar-refractivity contribution in [3.05, 3.63) is 59.2 Å². The van der Waals surface area contributed by atoms with Crippen molar-refractivity contribution in [2.24, 2.45) is 0 Å². The highest BCUT2D eigenvalue weighted by atomic mass is 79.9. The van der Waals surface area contributed by atoms with Gasteiger partial charge in [0, 0.05) is 5.33 Å². The quantitative estimate of drug-likeness (QED) is 0.632. The summed E-state index contributed by atoms with van der Waals surface area (Å²) in [5.74, 6) is -0.137. The SMILES string of the molecule is COc1cc(CBr)ccc1N1C(=O)c2ccccc2C1=O. The first-order valence-electron chi connectivity index (χ1n) is 6.38. The molecule has 0 aliphatic carbocycles. The molecule has 0 unspecified atom stereocenters. The number of rotatable bonds is 3. The third-order valence-corrected chi connectivity index (χ3v) is 4.08. The van der Waals surface area contributed by atoms with Crippen molar-refractivity contribution in [2.75, 3.05) is 12.0 Å². The number of halogens is 1. The van der Waals surface area contributed by atoms with E-state index in [9.17, 15) is 9.59 Å². The van der Waals surface area contributed by atoms with E-state index in [0.29, 0.717) is 27.9 Å². The van der Waals surface area contributed by atoms with Crippen LogP contribution in [-0.4, -0.2) is 18.9 Å². The first-order chi connectivity index (χ1) is 10.2. The van der Waals surface area contributed by atoms with Crippen LogP contribution in [0.3, 0.4) is 0 Å². The molecule has 2 aromatic carbocycles. The molecule has 0 N–H and O–H groups in total. The van der Waals surface area contributed by atoms with Gasteiger partial charge in [-0.05, 0) is 29.8 Å². The van der Waals surface area contributed by atoms with Crippen LogP contribution in [0.15, 0.2) is 42.5 Å². The molecule has 106 valence electrons. The highest BCUT2D eigenvalue weighted by Gasteiger charge is 2.37. The predicted octanol–water partition coefficient (Wildman–Crippen LogP) is 3.39. The van der Waals surface area contributed by atoms with E-state index in [2.05, 4.69) is 15.9 Å². The summed E-state index contributed by atoms with van der Waals surface area (Å²) in [6, 6.07) is 12.2. The second kappa shape index (κ2) is 5.33. The van der Waals surface area contributed by atoms with E-state index in [1.54, 1.807) is 30.3 Å². The lowest BCUT2D eigenvalue weighted by Gasteiger charge is -2.18. The number of carbonyl (C=O) groups excluding carboxylic acids is 2. The minimum Gasteiger partial charge on any atom is -0.495 e. The highest BCUT2D eigenvalue weighted by Crippen LogP contribution is 2.35. The van der Waals surface area contributed by atoms with Gasteiger partial charge < -0.3 is 4.74 Å². The smallest absolute Gasteiger partial charge is 0.266 e. The number of carbonyl (C=O) groups is 2. The summed E-state index contributed by atoms with van der Waals surface area (Å²) >= 11 is 3.37. The van der Waals surface area contributed by atoms with Gasteiger partial charge in [0.1, 0.15) is 5.75 Å². The third kappa shape index (κ3) is 2.14. The Morgan fingerprint density at radius 3 is 2.19 bits per heavy atom. The van der Waals surface area contributed by atoms with Crippen LogP contribution < -0.4 is 9.64 Å². The van der Waals surface area contributed by atoms with Gasteiger partial charge in [0.2, 0.25) is 0 Å². The fourth-order valence-electron chi connectivity index (χ4n) is 2.40. The van der Waals surface area contributed by atoms with E-state index in [0.717, 1.165) is 5.56 Å². The fraction of sp³-hybridized carbons (Fsp3) is 0.125. The third-order valence-electron chi connectivity index (χ3n) is 3.43. The van der Waals surface area contributed by atoms with E-state index in [-0.39, 0.29) is 11.8 Å². The van der Waals surface area contributed by atoms with Crippen LogP contribution in [0.4, 0.5) is 5.69 Å². The minimum absolute atomic E-state index is 0.319. The molecular weight excluding hydrogens is 334 g/mol. The monoisotopic (exact) mass is 345 g/mol. The molecule has 0 aromatic heterocycles. The molecule has 1 aliphatic heterocycles. The topological polar surface area (TPSA) is 46.6 Å². The molecule has 1 heterocycles. The Balaban J connectivity index is 2.11. The second-order valence-corrected chi connectivity index (χ2v) is 5.19. The Labute approximate surface area is 130 Å². The van der Waals surface area contributed by atoms with Crippen LogP contribution in [-0.2, 0) is 5.33 Å². The molecule has 3 rings (SSSR count). The van der Waals surface area contributed by atoms with Crippen LogP contribution in [0.1, 0.15) is 26.3 Å². The Bertz CT molecular complexity index is 707. The number of benzene rings is 2. The Kier molecular flexibility index (Phi) is 3.51. The lowest BCUT2D eigenvalue weighted by molar-refractivity contribution is 0.0925. The average molecular weight is 346 g/mol. The maximum atomic E-state index is 12.5. The van der Waals surface area contributed by atoms with Gasteiger partial charge >= 0.3 is 0 Å². The molecule has 21 heavy (non-hydrogen) atoms. The molecule has 0 bridgehead atoms. The van der Waals surface area contributed by atoms with Crippen LogP contribution >= 0.6 is 15.9 Å². The number of imide groups is 1. The first-order valence-corrected chi connectivity index (χ1v) is 7.50. The van der Waals surface area contributed by atoms with E-state index < -0.39 is 0 Å². The van der Waals surface area contributed by atoms with Gasteiger partial charge in [-0.3, -0.25) is 9.59 Å². The maximum absolute atomic E-state index is 12.5. The fourth-order valence-corrected chi connectivity index (χ4v) is 2.75. The van der Waals surface area contributed by atoms with Crippen molar-refractivity contribution in [3.8, 4) is 5.75 Å². The molecule has 0 saturated carbocycles. The normalized spacial score (nSPS) is 13.5. The van der Waals surface area contributed by atoms with Gasteiger partial charge in [-0.25, -0.2) is 4.90 Å². The molecular formula is C16H12BrNO3. The van der Waals surface area contributed by atoms with Gasteiger partial charge in [0.25, 0.3) is 11.8 Å². The number of hydrogen-bond acceptors (Lipinski definition) is 3. The molecule has 5 heteroatoms. The van der Waals surface area contributed by atoms with Gasteiger partial charge in [0.15, 0.2) is 0 Å². The van der Waals surface area contributed by atoms with Gasteiger partial charge in [-0.1, -0.05) is 34.1 Å². The van der Waals surface area contributed by atoms with Crippen LogP contribution in [0, 0.1) is 0 Å². The maximum Gasteiger partial charge on any atom is 0.266 e. The minimum atomic E-state index is -0.319. The molecule has 2 amide bonds. The molecule has 2 aromatic rings. The summed E-state index contributed by atoms with van der Waals surface area (Å²) in [5.41, 5.74) is 2.32. The predicted molar refractivity (Wildman–Crippen MR) is 83.2 cm³/mol. The number of anilines is 1. The Morgan fingerprint density at radius 2 is 1.67 bits per heavy atom. The number of amides is 2. The molecule has 4 nitrogen and oxygen atoms in total. The molecule has 0 fully saturated rings. The standard InChI is InChI=1S/C16H12BrNO3/c1-21-14-8-10(9-17)6-7-13(14)18-15(19)11-4-2-3-5-12(11)16(18)20/h2-8H,9H2,1H3. The van der Waals surface area contributed by atoms with Gasteiger partial charge in [0.05, 0.1) is 23.9 Å². The Morgan fingerprint density at radius 1 is 1.05 bits per heavy atom. The molecule has 1 aliphatic rings. The van der Waals surface area contributed by atoms with Crippen molar-refractivity contribution >= 4 is 33.4 Å². The highest BCUT2D eigenvalue weighted by molar-refractivity contribution is 9.08. The number of methoxy groups -OCH3 is 1. The van der Waals surface area contributed by atoms with E-state index in [1.807, 2.05) is 12.1 Å². The van der Waals surface area contributed by atoms with Crippen molar-refractivity contribution in [2.45, 2.75) is 5.33 Å². The first kappa shape index (κ1) is 13.8. The Hall–Kier alpha value is -2.14. The van der Waals surface area contributed by atoms with Crippen LogP contribution in [0.25, 0.3) is 0 Å². The van der Waals surface area contributed by atoms with Crippen molar-refractivity contribution in [1.29, 1.82) is 0 Å². The zero-order valence-corrected chi connectivity index (χ0v) is 12.9. The number of ether oxygens (including phenoxy) is 1. The zero-order chi connectivity index (χ0) is 15.0. The number of alkyl halides is 1. The summed E-state index contributed by atoms with van der Waals surface area (Å²) in [6.45, 7) is 0. The van der Waals surface area contributed by atoms with E-state index in [1.165, 1.54) is 12.0 Å². The molecule has 0 atom stereocenters. The molecule has 0 saturated heterocycles. The number of hydrogen-bond donors (Lipinski definition) is 0. The summed E-state index contributed by atoms with van der Waals surface area (Å²) in [5, 5.41) is 0.672. The number of fused-ring (bicyclic) bond motifs is 1. The van der Waals surface area contributed by atoms with Crippen molar-refractivity contribution < 1.29 is 14.3 Å². The van der Waals surface area contributed by atoms with Gasteiger partial charge in [-0.2, -0.15) is 0 Å². The van der Waals surface area contributed by atoms with E-state index >= 15 is 0 Å². The van der Waals surface area contributed by atoms with Crippen LogP contribution in [0.5, 0.6) is 5.75 Å². The largest absolute Gasteiger partial charge is 0.495 e. The number of nitrogens with zero attached hydrogens (tertiary/aromatic N) is 1. The van der Waals surface area contributed by atoms with Crippen molar-refractivity contribution in [3.63, 3.8) is 0 Å². The lowest BCUT2D eigenvalue weighted by atomic mass is 10.1. The second-order valence-electron chi connectivity index (χ2n) is 4.63. The zero-order valence-electron chi connectivity index (χ0n) is 11.3.